The molecule has 5 heterocycles. The molecule has 0 N–H and O–H groups in total. The van der Waals surface area contributed by atoms with Crippen LogP contribution in [0, 0.1) is 10.8 Å². The molecule has 3 unspecified atom stereocenters. The van der Waals surface area contributed by atoms with Gasteiger partial charge in [0.1, 0.15) is 5.69 Å². The summed E-state index contributed by atoms with van der Waals surface area (Å²) >= 11 is 6.82. The van der Waals surface area contributed by atoms with Crippen LogP contribution in [0.2, 0.25) is 5.02 Å². The van der Waals surface area contributed by atoms with E-state index in [2.05, 4.69) is 44.6 Å². The standard InChI is InChI=1S/C29H36ClN7O2/c1-26(19-39-20-26)35-4-2-34(3-5-35)25-11-24-21(10-23(25)30)12-32-37(24)22-13-31-36(14-22)29-16-27(15-28(27,29)17-29)18-33-6-8-38-9-7-33/h10-14H,2-9,15-20H2,1H3. The molecular weight excluding hydrogens is 514 g/mol. The van der Waals surface area contributed by atoms with Crippen molar-refractivity contribution in [1.29, 1.82) is 0 Å². The summed E-state index contributed by atoms with van der Waals surface area (Å²) in [6.45, 7) is 13.1. The van der Waals surface area contributed by atoms with Crippen LogP contribution in [0.3, 0.4) is 0 Å². The van der Waals surface area contributed by atoms with Crippen molar-refractivity contribution >= 4 is 28.2 Å². The van der Waals surface area contributed by atoms with Crippen LogP contribution >= 0.6 is 11.6 Å². The highest BCUT2D eigenvalue weighted by Gasteiger charge is 2.97. The minimum absolute atomic E-state index is 0.196. The van der Waals surface area contributed by atoms with E-state index in [9.17, 15) is 0 Å². The highest BCUT2D eigenvalue weighted by atomic mass is 35.5. The second kappa shape index (κ2) is 7.76. The number of fused-ring (bicyclic) bond motifs is 1. The molecule has 1 aromatic carbocycles. The Morgan fingerprint density at radius 2 is 1.74 bits per heavy atom. The van der Waals surface area contributed by atoms with Gasteiger partial charge < -0.3 is 14.4 Å². The SMILES string of the molecule is CC1(N2CCN(c3cc4c(cnn4-c4cnn(C56CC7(CN8CCOCC8)CC75C6)c4)cc3Cl)CC2)COC1. The van der Waals surface area contributed by atoms with Gasteiger partial charge >= 0.3 is 0 Å². The number of hydrogen-bond acceptors (Lipinski definition) is 7. The van der Waals surface area contributed by atoms with Crippen molar-refractivity contribution < 1.29 is 9.47 Å². The fourth-order valence-electron chi connectivity index (χ4n) is 8.85. The third kappa shape index (κ3) is 3.11. The maximum absolute atomic E-state index is 6.82. The molecule has 3 saturated carbocycles. The Balaban J connectivity index is 0.946. The van der Waals surface area contributed by atoms with Crippen molar-refractivity contribution in [2.75, 3.05) is 77.1 Å². The number of halogens is 1. The van der Waals surface area contributed by atoms with E-state index in [4.69, 9.17) is 31.3 Å². The van der Waals surface area contributed by atoms with Crippen LogP contribution in [-0.4, -0.2) is 107 Å². The molecule has 0 radical (unpaired) electrons. The van der Waals surface area contributed by atoms with Crippen molar-refractivity contribution in [3.63, 3.8) is 0 Å². The van der Waals surface area contributed by atoms with Crippen molar-refractivity contribution in [3.8, 4) is 5.69 Å². The molecule has 9 nitrogen and oxygen atoms in total. The molecular formula is C29H36ClN7O2. The number of hydrogen-bond donors (Lipinski definition) is 0. The van der Waals surface area contributed by atoms with Gasteiger partial charge in [0.05, 0.1) is 72.3 Å². The van der Waals surface area contributed by atoms with Crippen molar-refractivity contribution in [1.82, 2.24) is 29.4 Å². The topological polar surface area (TPSA) is 63.8 Å². The Morgan fingerprint density at radius 1 is 0.923 bits per heavy atom. The number of anilines is 1. The normalized spacial score (nSPS) is 35.3. The number of morpholine rings is 1. The largest absolute Gasteiger partial charge is 0.379 e. The van der Waals surface area contributed by atoms with Gasteiger partial charge in [-0.2, -0.15) is 10.2 Å². The number of aromatic nitrogens is 4. The van der Waals surface area contributed by atoms with E-state index in [1.165, 1.54) is 25.8 Å². The van der Waals surface area contributed by atoms with Crippen molar-refractivity contribution in [2.24, 2.45) is 10.8 Å². The lowest BCUT2D eigenvalue weighted by Gasteiger charge is -2.50. The van der Waals surface area contributed by atoms with Crippen molar-refractivity contribution in [3.05, 3.63) is 35.7 Å². The van der Waals surface area contributed by atoms with Crippen LogP contribution in [0.4, 0.5) is 5.69 Å². The zero-order chi connectivity index (χ0) is 26.0. The molecule has 10 heteroatoms. The maximum Gasteiger partial charge on any atom is 0.103 e. The van der Waals surface area contributed by atoms with Crippen LogP contribution in [0.25, 0.3) is 16.6 Å². The summed E-state index contributed by atoms with van der Waals surface area (Å²) in [5.41, 5.74) is 4.65. The summed E-state index contributed by atoms with van der Waals surface area (Å²) in [6.07, 6.45) is 10.0. The number of ether oxygens (including phenoxy) is 2. The van der Waals surface area contributed by atoms with E-state index in [1.54, 1.807) is 0 Å². The smallest absolute Gasteiger partial charge is 0.103 e. The molecule has 0 bridgehead atoms. The Hall–Kier alpha value is -2.17. The second-order valence-electron chi connectivity index (χ2n) is 13.3. The average Bonchev–Trinajstić information content (AvgIpc) is 3.37. The summed E-state index contributed by atoms with van der Waals surface area (Å²) in [7, 11) is 0. The fraction of sp³-hybridized carbons (Fsp3) is 0.655. The van der Waals surface area contributed by atoms with E-state index in [0.717, 1.165) is 93.0 Å². The molecule has 6 fully saturated rings. The quantitative estimate of drug-likeness (QED) is 0.468. The first-order chi connectivity index (χ1) is 18.9. The number of nitrogens with zero attached hydrogens (tertiary/aromatic N) is 7. The van der Waals surface area contributed by atoms with Gasteiger partial charge in [-0.1, -0.05) is 11.6 Å². The molecule has 3 saturated heterocycles. The van der Waals surface area contributed by atoms with Crippen LogP contribution < -0.4 is 4.90 Å². The van der Waals surface area contributed by atoms with E-state index < -0.39 is 0 Å². The molecule has 6 aliphatic rings. The Morgan fingerprint density at radius 3 is 2.49 bits per heavy atom. The fourth-order valence-corrected chi connectivity index (χ4v) is 9.14. The predicted octanol–water partition coefficient (Wildman–Crippen LogP) is 3.00. The molecule has 3 aromatic rings. The Kier molecular flexibility index (Phi) is 4.68. The Labute approximate surface area is 233 Å². The third-order valence-corrected chi connectivity index (χ3v) is 11.6. The van der Waals surface area contributed by atoms with Crippen molar-refractivity contribution in [2.45, 2.75) is 37.3 Å². The maximum atomic E-state index is 6.82. The third-order valence-electron chi connectivity index (χ3n) is 11.2. The first-order valence-corrected chi connectivity index (χ1v) is 14.9. The zero-order valence-electron chi connectivity index (χ0n) is 22.6. The van der Waals surface area contributed by atoms with Gasteiger partial charge in [-0.3, -0.25) is 14.5 Å². The molecule has 39 heavy (non-hydrogen) atoms. The number of benzene rings is 1. The minimum atomic E-state index is 0.196. The van der Waals surface area contributed by atoms with E-state index in [1.807, 2.05) is 17.1 Å². The molecule has 3 aliphatic heterocycles. The molecule has 2 aromatic heterocycles. The average molecular weight is 550 g/mol. The molecule has 1 spiro atoms. The van der Waals surface area contributed by atoms with Crippen LogP contribution in [0.1, 0.15) is 26.2 Å². The van der Waals surface area contributed by atoms with Gasteiger partial charge in [-0.15, -0.1) is 0 Å². The first-order valence-electron chi connectivity index (χ1n) is 14.6. The van der Waals surface area contributed by atoms with Crippen LogP contribution in [0.5, 0.6) is 0 Å². The van der Waals surface area contributed by atoms with E-state index in [0.29, 0.717) is 10.8 Å². The molecule has 0 amide bonds. The molecule has 9 rings (SSSR count). The Bertz CT molecular complexity index is 1470. The first kappa shape index (κ1) is 23.5. The second-order valence-corrected chi connectivity index (χ2v) is 13.7. The molecule has 3 atom stereocenters. The summed E-state index contributed by atoms with van der Waals surface area (Å²) in [5, 5.41) is 11.5. The van der Waals surface area contributed by atoms with E-state index >= 15 is 0 Å². The van der Waals surface area contributed by atoms with Gasteiger partial charge in [0.25, 0.3) is 0 Å². The number of piperazine rings is 1. The summed E-state index contributed by atoms with van der Waals surface area (Å²) in [6, 6.07) is 4.29. The lowest BCUT2D eigenvalue weighted by Crippen LogP contribution is -2.64. The predicted molar refractivity (Wildman–Crippen MR) is 149 cm³/mol. The van der Waals surface area contributed by atoms with Gasteiger partial charge in [0, 0.05) is 56.6 Å². The van der Waals surface area contributed by atoms with Gasteiger partial charge in [0.15, 0.2) is 0 Å². The van der Waals surface area contributed by atoms with Crippen LogP contribution in [0.15, 0.2) is 30.7 Å². The van der Waals surface area contributed by atoms with Gasteiger partial charge in [0.2, 0.25) is 0 Å². The molecule has 3 aliphatic carbocycles. The molecule has 206 valence electrons. The monoisotopic (exact) mass is 549 g/mol. The lowest BCUT2D eigenvalue weighted by molar-refractivity contribution is -0.131. The van der Waals surface area contributed by atoms with Gasteiger partial charge in [-0.25, -0.2) is 4.68 Å². The summed E-state index contributed by atoms with van der Waals surface area (Å²) in [4.78, 5) is 7.61. The highest BCUT2D eigenvalue weighted by Crippen LogP contribution is 2.98. The summed E-state index contributed by atoms with van der Waals surface area (Å²) < 4.78 is 15.4. The highest BCUT2D eigenvalue weighted by molar-refractivity contribution is 6.34. The minimum Gasteiger partial charge on any atom is -0.379 e. The number of rotatable bonds is 6. The summed E-state index contributed by atoms with van der Waals surface area (Å²) in [5.74, 6) is 0. The zero-order valence-corrected chi connectivity index (χ0v) is 23.4. The van der Waals surface area contributed by atoms with Crippen LogP contribution in [-0.2, 0) is 15.0 Å². The van der Waals surface area contributed by atoms with Gasteiger partial charge in [-0.05, 0) is 43.7 Å². The lowest BCUT2D eigenvalue weighted by atomic mass is 9.79. The van der Waals surface area contributed by atoms with E-state index in [-0.39, 0.29) is 11.1 Å².